The van der Waals surface area contributed by atoms with Crippen molar-refractivity contribution in [3.8, 4) is 5.75 Å². The van der Waals surface area contributed by atoms with Crippen molar-refractivity contribution in [1.29, 1.82) is 0 Å². The number of phenolic OH excluding ortho intramolecular Hbond substituents is 1. The van der Waals surface area contributed by atoms with Gasteiger partial charge in [0.25, 0.3) is 5.69 Å². The maximum absolute atomic E-state index is 10.7. The summed E-state index contributed by atoms with van der Waals surface area (Å²) in [6.07, 6.45) is 0. The van der Waals surface area contributed by atoms with Crippen LogP contribution >= 0.6 is 0 Å². The molecule has 0 aliphatic rings. The number of hydrogen-bond donors (Lipinski definition) is 2. The van der Waals surface area contributed by atoms with E-state index in [1.165, 1.54) is 13.0 Å². The smallest absolute Gasteiger partial charge is 0.293 e. The quantitative estimate of drug-likeness (QED) is 0.550. The monoisotopic (exact) mass is 196 g/mol. The van der Waals surface area contributed by atoms with E-state index in [9.17, 15) is 14.9 Å². The van der Waals surface area contributed by atoms with Crippen LogP contribution in [-0.4, -0.2) is 15.9 Å². The zero-order chi connectivity index (χ0) is 10.7. The minimum Gasteiger partial charge on any atom is -0.508 e. The third-order valence-corrected chi connectivity index (χ3v) is 1.49. The number of nitro benzene ring substituents is 1. The fourth-order valence-electron chi connectivity index (χ4n) is 0.973. The summed E-state index contributed by atoms with van der Waals surface area (Å²) in [5.74, 6) is -0.571. The van der Waals surface area contributed by atoms with Crippen molar-refractivity contribution in [3.05, 3.63) is 28.3 Å². The van der Waals surface area contributed by atoms with Crippen LogP contribution in [0.5, 0.6) is 5.75 Å². The van der Waals surface area contributed by atoms with Gasteiger partial charge >= 0.3 is 0 Å². The lowest BCUT2D eigenvalue weighted by Gasteiger charge is -2.03. The summed E-state index contributed by atoms with van der Waals surface area (Å²) in [5, 5.41) is 21.8. The number of carbonyl (C=O) groups excluding carboxylic acids is 1. The van der Waals surface area contributed by atoms with E-state index in [0.29, 0.717) is 0 Å². The Balaban J connectivity index is 3.15. The Kier molecular flexibility index (Phi) is 2.66. The molecule has 1 amide bonds. The average molecular weight is 196 g/mol. The van der Waals surface area contributed by atoms with E-state index in [4.69, 9.17) is 5.11 Å². The molecule has 6 nitrogen and oxygen atoms in total. The fraction of sp³-hybridized carbons (Fsp3) is 0.125. The molecule has 0 saturated heterocycles. The van der Waals surface area contributed by atoms with Crippen LogP contribution in [0, 0.1) is 10.1 Å². The predicted octanol–water partition coefficient (Wildman–Crippen LogP) is 1.26. The number of anilines is 1. The van der Waals surface area contributed by atoms with Crippen molar-refractivity contribution in [2.45, 2.75) is 6.92 Å². The van der Waals surface area contributed by atoms with Gasteiger partial charge in [0.15, 0.2) is 0 Å². The molecule has 0 radical (unpaired) electrons. The maximum atomic E-state index is 10.7. The topological polar surface area (TPSA) is 92.5 Å². The Hall–Kier alpha value is -2.11. The first-order valence-electron chi connectivity index (χ1n) is 3.75. The second kappa shape index (κ2) is 3.73. The van der Waals surface area contributed by atoms with Crippen LogP contribution in [0.3, 0.4) is 0 Å². The van der Waals surface area contributed by atoms with Crippen molar-refractivity contribution in [3.63, 3.8) is 0 Å². The summed E-state index contributed by atoms with van der Waals surface area (Å²) in [5.41, 5.74) is -0.263. The Morgan fingerprint density at radius 2 is 2.21 bits per heavy atom. The molecule has 0 aliphatic heterocycles. The van der Waals surface area contributed by atoms with E-state index in [1.807, 2.05) is 0 Å². The van der Waals surface area contributed by atoms with E-state index in [0.717, 1.165) is 12.1 Å². The van der Waals surface area contributed by atoms with Gasteiger partial charge in [-0.25, -0.2) is 0 Å². The van der Waals surface area contributed by atoms with Crippen molar-refractivity contribution in [2.24, 2.45) is 0 Å². The largest absolute Gasteiger partial charge is 0.508 e. The molecule has 6 heteroatoms. The molecule has 0 spiro atoms. The molecule has 0 aliphatic carbocycles. The van der Waals surface area contributed by atoms with Gasteiger partial charge in [0.2, 0.25) is 5.91 Å². The van der Waals surface area contributed by atoms with Gasteiger partial charge in [0.05, 0.1) is 4.92 Å². The van der Waals surface area contributed by atoms with Gasteiger partial charge in [0.1, 0.15) is 11.4 Å². The van der Waals surface area contributed by atoms with E-state index in [1.54, 1.807) is 0 Å². The van der Waals surface area contributed by atoms with E-state index >= 15 is 0 Å². The molecular weight excluding hydrogens is 188 g/mol. The molecule has 1 aromatic carbocycles. The lowest BCUT2D eigenvalue weighted by Crippen LogP contribution is -2.07. The lowest BCUT2D eigenvalue weighted by molar-refractivity contribution is -0.383. The van der Waals surface area contributed by atoms with E-state index in [2.05, 4.69) is 5.32 Å². The highest BCUT2D eigenvalue weighted by atomic mass is 16.6. The fourth-order valence-corrected chi connectivity index (χ4v) is 0.973. The normalized spacial score (nSPS) is 9.50. The Bertz CT molecular complexity index is 389. The Morgan fingerprint density at radius 3 is 2.71 bits per heavy atom. The van der Waals surface area contributed by atoms with Crippen molar-refractivity contribution < 1.29 is 14.8 Å². The Morgan fingerprint density at radius 1 is 1.57 bits per heavy atom. The Labute approximate surface area is 79.3 Å². The lowest BCUT2D eigenvalue weighted by atomic mass is 10.2. The maximum Gasteiger partial charge on any atom is 0.293 e. The number of nitrogens with one attached hydrogen (secondary N) is 1. The number of hydrogen-bond acceptors (Lipinski definition) is 4. The molecule has 0 saturated carbocycles. The van der Waals surface area contributed by atoms with Crippen LogP contribution in [0.4, 0.5) is 11.4 Å². The number of phenols is 1. The average Bonchev–Trinajstić information content (AvgIpc) is 2.01. The van der Waals surface area contributed by atoms with Crippen LogP contribution in [-0.2, 0) is 4.79 Å². The summed E-state index contributed by atoms with van der Waals surface area (Å²) in [4.78, 5) is 20.5. The minimum absolute atomic E-state index is 0.0116. The second-order valence-corrected chi connectivity index (χ2v) is 2.64. The molecule has 0 unspecified atom stereocenters. The molecule has 0 bridgehead atoms. The zero-order valence-corrected chi connectivity index (χ0v) is 7.35. The summed E-state index contributed by atoms with van der Waals surface area (Å²) >= 11 is 0. The van der Waals surface area contributed by atoms with Crippen LogP contribution < -0.4 is 5.32 Å². The van der Waals surface area contributed by atoms with Crippen LogP contribution in [0.15, 0.2) is 18.2 Å². The molecule has 0 fully saturated rings. The van der Waals surface area contributed by atoms with Crippen LogP contribution in [0.25, 0.3) is 0 Å². The molecule has 1 rings (SSSR count). The van der Waals surface area contributed by atoms with Gasteiger partial charge < -0.3 is 10.4 Å². The van der Waals surface area contributed by atoms with Gasteiger partial charge in [-0.15, -0.1) is 0 Å². The summed E-state index contributed by atoms with van der Waals surface area (Å²) < 4.78 is 0. The summed E-state index contributed by atoms with van der Waals surface area (Å²) in [6, 6.07) is 3.43. The van der Waals surface area contributed by atoms with E-state index in [-0.39, 0.29) is 17.1 Å². The van der Waals surface area contributed by atoms with Gasteiger partial charge in [-0.05, 0) is 6.07 Å². The molecule has 0 atom stereocenters. The van der Waals surface area contributed by atoms with Gasteiger partial charge in [-0.1, -0.05) is 0 Å². The molecule has 0 aromatic heterocycles. The van der Waals surface area contributed by atoms with Crippen molar-refractivity contribution >= 4 is 17.3 Å². The zero-order valence-electron chi connectivity index (χ0n) is 7.35. The minimum atomic E-state index is -0.634. The highest BCUT2D eigenvalue weighted by Gasteiger charge is 2.14. The number of nitro groups is 1. The van der Waals surface area contributed by atoms with Crippen LogP contribution in [0.2, 0.25) is 0 Å². The molecular formula is C8H8N2O4. The van der Waals surface area contributed by atoms with Gasteiger partial charge in [0, 0.05) is 19.1 Å². The highest BCUT2D eigenvalue weighted by Crippen LogP contribution is 2.27. The second-order valence-electron chi connectivity index (χ2n) is 2.64. The highest BCUT2D eigenvalue weighted by molar-refractivity contribution is 5.91. The summed E-state index contributed by atoms with van der Waals surface area (Å²) in [6.45, 7) is 1.23. The number of carbonyl (C=O) groups is 1. The molecule has 14 heavy (non-hydrogen) atoms. The third kappa shape index (κ3) is 2.19. The molecule has 2 N–H and O–H groups in total. The first-order chi connectivity index (χ1) is 6.50. The van der Waals surface area contributed by atoms with Crippen molar-refractivity contribution in [1.82, 2.24) is 0 Å². The first-order valence-corrected chi connectivity index (χ1v) is 3.75. The molecule has 0 heterocycles. The van der Waals surface area contributed by atoms with Crippen LogP contribution in [0.1, 0.15) is 6.92 Å². The first kappa shape index (κ1) is 9.97. The SMILES string of the molecule is CC(=O)Nc1cc(O)ccc1[N+](=O)[O-]. The van der Waals surface area contributed by atoms with Crippen molar-refractivity contribution in [2.75, 3.05) is 5.32 Å². The number of aromatic hydroxyl groups is 1. The van der Waals surface area contributed by atoms with Gasteiger partial charge in [-0.2, -0.15) is 0 Å². The van der Waals surface area contributed by atoms with Gasteiger partial charge in [-0.3, -0.25) is 14.9 Å². The number of nitrogens with zero attached hydrogens (tertiary/aromatic N) is 1. The number of benzene rings is 1. The number of amides is 1. The molecule has 1 aromatic rings. The van der Waals surface area contributed by atoms with E-state index < -0.39 is 10.8 Å². The molecule has 74 valence electrons. The predicted molar refractivity (Wildman–Crippen MR) is 49.1 cm³/mol. The third-order valence-electron chi connectivity index (χ3n) is 1.49. The number of rotatable bonds is 2. The summed E-state index contributed by atoms with van der Waals surface area (Å²) in [7, 11) is 0. The standard InChI is InChI=1S/C8H8N2O4/c1-5(11)9-7-4-6(12)2-3-8(7)10(13)14/h2-4,12H,1H3,(H,9,11).